The molecule has 1 aliphatic heterocycles. The van der Waals surface area contributed by atoms with E-state index in [2.05, 4.69) is 15.3 Å². The Kier molecular flexibility index (Phi) is 6.05. The van der Waals surface area contributed by atoms with E-state index in [9.17, 15) is 12.8 Å². The summed E-state index contributed by atoms with van der Waals surface area (Å²) in [5.41, 5.74) is 2.88. The Labute approximate surface area is 224 Å². The van der Waals surface area contributed by atoms with Crippen molar-refractivity contribution in [3.63, 3.8) is 0 Å². The van der Waals surface area contributed by atoms with Crippen molar-refractivity contribution in [2.75, 3.05) is 13.1 Å². The third-order valence-electron chi connectivity index (χ3n) is 7.19. The predicted molar refractivity (Wildman–Crippen MR) is 142 cm³/mol. The molecule has 1 unspecified atom stereocenters. The lowest BCUT2D eigenvalue weighted by atomic mass is 9.74. The van der Waals surface area contributed by atoms with Crippen molar-refractivity contribution < 1.29 is 12.8 Å². The highest BCUT2D eigenvalue weighted by Crippen LogP contribution is 2.44. The molecule has 0 aliphatic carbocycles. The predicted octanol–water partition coefficient (Wildman–Crippen LogP) is 4.52. The van der Waals surface area contributed by atoms with Crippen LogP contribution in [0.15, 0.2) is 84.1 Å². The zero-order chi connectivity index (χ0) is 26.5. The summed E-state index contributed by atoms with van der Waals surface area (Å²) in [6.45, 7) is 0.576. The number of halogens is 2. The van der Waals surface area contributed by atoms with Crippen LogP contribution in [0.4, 0.5) is 4.39 Å². The fraction of sp³-hybridized carbons (Fsp3) is 0.222. The van der Waals surface area contributed by atoms with Gasteiger partial charge in [0.05, 0.1) is 23.6 Å². The van der Waals surface area contributed by atoms with Gasteiger partial charge in [0.1, 0.15) is 5.82 Å². The highest BCUT2D eigenvalue weighted by atomic mass is 35.5. The maximum atomic E-state index is 13.5. The van der Waals surface area contributed by atoms with Gasteiger partial charge in [-0.3, -0.25) is 0 Å². The molecule has 1 atom stereocenters. The van der Waals surface area contributed by atoms with Crippen LogP contribution in [0, 0.1) is 5.82 Å². The second-order valence-electron chi connectivity index (χ2n) is 9.63. The Morgan fingerprint density at radius 3 is 2.50 bits per heavy atom. The number of aryl methyl sites for hydroxylation is 1. The topological polar surface area (TPSA) is 85.9 Å². The number of fused-ring (bicyclic) bond motifs is 1. The molecule has 3 heterocycles. The molecule has 3 aromatic carbocycles. The molecule has 1 aliphatic rings. The summed E-state index contributed by atoms with van der Waals surface area (Å²) in [5, 5.41) is 13.8. The van der Waals surface area contributed by atoms with E-state index in [0.29, 0.717) is 30.1 Å². The molecule has 38 heavy (non-hydrogen) atoms. The van der Waals surface area contributed by atoms with Crippen molar-refractivity contribution in [3.05, 3.63) is 101 Å². The van der Waals surface area contributed by atoms with Gasteiger partial charge in [-0.25, -0.2) is 17.5 Å². The lowest BCUT2D eigenvalue weighted by molar-refractivity contribution is 0.413. The summed E-state index contributed by atoms with van der Waals surface area (Å²) in [7, 11) is -2.24. The van der Waals surface area contributed by atoms with E-state index < -0.39 is 15.4 Å². The van der Waals surface area contributed by atoms with Crippen LogP contribution < -0.4 is 0 Å². The molecule has 0 radical (unpaired) electrons. The average Bonchev–Trinajstić information content (AvgIpc) is 3.64. The van der Waals surface area contributed by atoms with Crippen molar-refractivity contribution in [2.24, 2.45) is 7.05 Å². The lowest BCUT2D eigenvalue weighted by Gasteiger charge is -2.31. The Morgan fingerprint density at radius 2 is 1.79 bits per heavy atom. The van der Waals surface area contributed by atoms with Gasteiger partial charge >= 0.3 is 0 Å². The minimum atomic E-state index is -3.83. The highest BCUT2D eigenvalue weighted by molar-refractivity contribution is 7.89. The molecule has 1 saturated heterocycles. The molecule has 5 aromatic rings. The first-order chi connectivity index (χ1) is 18.2. The zero-order valence-electron chi connectivity index (χ0n) is 20.5. The van der Waals surface area contributed by atoms with Gasteiger partial charge in [0.2, 0.25) is 5.03 Å². The van der Waals surface area contributed by atoms with Crippen LogP contribution >= 0.6 is 11.6 Å². The number of hydrogen-bond donors (Lipinski definition) is 0. The molecule has 0 spiro atoms. The Morgan fingerprint density at radius 1 is 1.03 bits per heavy atom. The number of sulfonamides is 1. The first-order valence-electron chi connectivity index (χ1n) is 12.1. The molecule has 8 nitrogen and oxygen atoms in total. The maximum Gasteiger partial charge on any atom is 0.264 e. The van der Waals surface area contributed by atoms with E-state index in [4.69, 9.17) is 11.6 Å². The molecule has 6 rings (SSSR count). The van der Waals surface area contributed by atoms with Crippen molar-refractivity contribution >= 4 is 32.5 Å². The third-order valence-corrected chi connectivity index (χ3v) is 9.21. The number of hydrogen-bond acceptors (Lipinski definition) is 5. The van der Waals surface area contributed by atoms with Crippen molar-refractivity contribution in [1.82, 2.24) is 29.1 Å². The molecular weight excluding hydrogens is 527 g/mol. The van der Waals surface area contributed by atoms with Crippen LogP contribution in [0.5, 0.6) is 0 Å². The van der Waals surface area contributed by atoms with Gasteiger partial charge in [-0.15, -0.1) is 5.10 Å². The smallest absolute Gasteiger partial charge is 0.233 e. The molecule has 0 bridgehead atoms. The molecule has 2 aromatic heterocycles. The molecule has 11 heteroatoms. The number of nitrogens with zero attached hydrogens (tertiary/aromatic N) is 6. The molecule has 194 valence electrons. The summed E-state index contributed by atoms with van der Waals surface area (Å²) in [4.78, 5) is 1.24. The first kappa shape index (κ1) is 24.7. The average molecular weight is 551 g/mol. The van der Waals surface area contributed by atoms with Gasteiger partial charge in [0.25, 0.3) is 10.0 Å². The van der Waals surface area contributed by atoms with Crippen LogP contribution in [0.2, 0.25) is 5.02 Å². The van der Waals surface area contributed by atoms with Gasteiger partial charge in [-0.05, 0) is 60.4 Å². The molecule has 0 N–H and O–H groups in total. The third kappa shape index (κ3) is 4.28. The van der Waals surface area contributed by atoms with Crippen LogP contribution in [0.3, 0.4) is 0 Å². The molecule has 1 fully saturated rings. The van der Waals surface area contributed by atoms with Crippen molar-refractivity contribution in [3.8, 4) is 5.69 Å². The standard InChI is InChI=1S/C27H24ClFN6O2S/c1-33-30-17-26(32-33)38(36,37)34-12-11-27(18-34,15-19-5-3-2-4-6-19)23-13-20-16-31-35(25(20)14-24(23)28)22-9-7-21(29)8-10-22/h2-10,13-14,16-17H,11-12,15,18H2,1H3. The van der Waals surface area contributed by atoms with Crippen molar-refractivity contribution in [1.29, 1.82) is 0 Å². The van der Waals surface area contributed by atoms with E-state index in [1.54, 1.807) is 30.1 Å². The van der Waals surface area contributed by atoms with Gasteiger partial charge in [-0.1, -0.05) is 41.9 Å². The molecular formula is C27H24ClFN6O2S. The Hall–Kier alpha value is -3.60. The van der Waals surface area contributed by atoms with E-state index >= 15 is 0 Å². The normalized spacial score (nSPS) is 18.4. The van der Waals surface area contributed by atoms with Gasteiger partial charge in [0.15, 0.2) is 0 Å². The number of aromatic nitrogens is 5. The van der Waals surface area contributed by atoms with E-state index in [1.807, 2.05) is 42.5 Å². The zero-order valence-corrected chi connectivity index (χ0v) is 22.1. The number of rotatable bonds is 6. The number of benzene rings is 3. The summed E-state index contributed by atoms with van der Waals surface area (Å²) in [5.74, 6) is -0.324. The lowest BCUT2D eigenvalue weighted by Crippen LogP contribution is -2.36. The Bertz CT molecular complexity index is 1740. The van der Waals surface area contributed by atoms with Crippen molar-refractivity contribution in [2.45, 2.75) is 23.3 Å². The monoisotopic (exact) mass is 550 g/mol. The van der Waals surface area contributed by atoms with Gasteiger partial charge in [0, 0.05) is 36.0 Å². The quantitative estimate of drug-likeness (QED) is 0.310. The summed E-state index contributed by atoms with van der Waals surface area (Å²) in [6, 6.07) is 19.9. The minimum absolute atomic E-state index is 0.0716. The largest absolute Gasteiger partial charge is 0.264 e. The Balaban J connectivity index is 1.44. The van der Waals surface area contributed by atoms with Gasteiger partial charge < -0.3 is 0 Å². The van der Waals surface area contributed by atoms with E-state index in [0.717, 1.165) is 22.0 Å². The molecule has 0 amide bonds. The van der Waals surface area contributed by atoms with Crippen LogP contribution in [-0.2, 0) is 28.9 Å². The van der Waals surface area contributed by atoms with E-state index in [1.165, 1.54) is 27.4 Å². The summed E-state index contributed by atoms with van der Waals surface area (Å²) < 4.78 is 43.5. The second-order valence-corrected chi connectivity index (χ2v) is 11.9. The second kappa shape index (κ2) is 9.30. The highest BCUT2D eigenvalue weighted by Gasteiger charge is 2.46. The fourth-order valence-electron chi connectivity index (χ4n) is 5.31. The molecule has 0 saturated carbocycles. The minimum Gasteiger partial charge on any atom is -0.233 e. The first-order valence-corrected chi connectivity index (χ1v) is 13.9. The maximum absolute atomic E-state index is 13.5. The fourth-order valence-corrected chi connectivity index (χ4v) is 7.08. The van der Waals surface area contributed by atoms with Crippen LogP contribution in [0.1, 0.15) is 17.5 Å². The van der Waals surface area contributed by atoms with Crippen LogP contribution in [-0.4, -0.2) is 50.6 Å². The summed E-state index contributed by atoms with van der Waals surface area (Å²) >= 11 is 6.97. The SMILES string of the molecule is Cn1ncc(S(=O)(=O)N2CCC(Cc3ccccc3)(c3cc4cnn(-c5ccc(F)cc5)c4cc3Cl)C2)n1. The van der Waals surface area contributed by atoms with E-state index in [-0.39, 0.29) is 17.4 Å². The summed E-state index contributed by atoms with van der Waals surface area (Å²) in [6.07, 6.45) is 4.21. The van der Waals surface area contributed by atoms with Gasteiger partial charge in [-0.2, -0.15) is 19.3 Å². The van der Waals surface area contributed by atoms with Crippen LogP contribution in [0.25, 0.3) is 16.6 Å².